The minimum absolute atomic E-state index is 0.0251. The molecule has 0 spiro atoms. The van der Waals surface area contributed by atoms with E-state index in [-0.39, 0.29) is 22.8 Å². The first-order valence-corrected chi connectivity index (χ1v) is 8.24. The van der Waals surface area contributed by atoms with Gasteiger partial charge in [0.15, 0.2) is 5.69 Å². The Kier molecular flexibility index (Phi) is 5.54. The Labute approximate surface area is 132 Å². The molecule has 0 fully saturated rings. The first kappa shape index (κ1) is 16.5. The van der Waals surface area contributed by atoms with Gasteiger partial charge in [0, 0.05) is 13.1 Å². The average molecular weight is 322 g/mol. The molecule has 1 aromatic heterocycles. The second-order valence-electron chi connectivity index (χ2n) is 4.93. The Balaban J connectivity index is 2.13. The Morgan fingerprint density at radius 2 is 2.09 bits per heavy atom. The third-order valence-corrected chi connectivity index (χ3v) is 4.43. The molecule has 0 unspecified atom stereocenters. The molecule has 0 radical (unpaired) electrons. The van der Waals surface area contributed by atoms with E-state index in [0.717, 1.165) is 31.4 Å². The number of fused-ring (bicyclic) bond motifs is 1. The standard InChI is InChI=1S/C15H18N2O4S/c1-3-4-5-6-7-22-10-8-9(18)14-11(13(10)19)12(17-21-14)15(20)16-2/h8H,3-7H2,1-2H3,(H,16,20). The van der Waals surface area contributed by atoms with Crippen molar-refractivity contribution in [2.75, 3.05) is 12.8 Å². The molecule has 0 atom stereocenters. The molecule has 0 saturated carbocycles. The summed E-state index contributed by atoms with van der Waals surface area (Å²) >= 11 is 1.34. The quantitative estimate of drug-likeness (QED) is 0.776. The van der Waals surface area contributed by atoms with Crippen LogP contribution in [0, 0.1) is 0 Å². The zero-order valence-corrected chi connectivity index (χ0v) is 13.4. The van der Waals surface area contributed by atoms with Gasteiger partial charge in [-0.25, -0.2) is 0 Å². The molecule has 1 heterocycles. The lowest BCUT2D eigenvalue weighted by Gasteiger charge is -2.10. The Bertz CT molecular complexity index is 633. The topological polar surface area (TPSA) is 89.3 Å². The van der Waals surface area contributed by atoms with Gasteiger partial charge >= 0.3 is 0 Å². The van der Waals surface area contributed by atoms with Crippen molar-refractivity contribution < 1.29 is 18.9 Å². The molecular weight excluding hydrogens is 304 g/mol. The van der Waals surface area contributed by atoms with Crippen molar-refractivity contribution in [3.8, 4) is 0 Å². The van der Waals surface area contributed by atoms with E-state index in [0.29, 0.717) is 4.91 Å². The lowest BCUT2D eigenvalue weighted by atomic mass is 10.00. The summed E-state index contributed by atoms with van der Waals surface area (Å²) in [6, 6.07) is 0. The van der Waals surface area contributed by atoms with Crippen LogP contribution in [0.4, 0.5) is 0 Å². The zero-order chi connectivity index (χ0) is 16.1. The lowest BCUT2D eigenvalue weighted by molar-refractivity contribution is 0.0944. The summed E-state index contributed by atoms with van der Waals surface area (Å²) in [5, 5.41) is 5.94. The number of Topliss-reactive ketones (excluding diaryl/α,β-unsaturated/α-hetero) is 1. The number of hydrogen-bond acceptors (Lipinski definition) is 6. The van der Waals surface area contributed by atoms with Crippen LogP contribution in [0.5, 0.6) is 0 Å². The maximum absolute atomic E-state index is 12.5. The van der Waals surface area contributed by atoms with E-state index in [1.165, 1.54) is 24.9 Å². The summed E-state index contributed by atoms with van der Waals surface area (Å²) in [5.41, 5.74) is -0.157. The molecule has 1 aliphatic rings. The van der Waals surface area contributed by atoms with E-state index in [9.17, 15) is 14.4 Å². The molecule has 6 nitrogen and oxygen atoms in total. The highest BCUT2D eigenvalue weighted by atomic mass is 32.2. The van der Waals surface area contributed by atoms with Crippen LogP contribution in [0.1, 0.15) is 64.0 Å². The molecule has 1 aliphatic carbocycles. The SMILES string of the molecule is CCCCCCSC1=CC(=O)c2onc(C(=O)NC)c2C1=O. The predicted molar refractivity (Wildman–Crippen MR) is 83.2 cm³/mol. The van der Waals surface area contributed by atoms with Crippen molar-refractivity contribution >= 4 is 29.2 Å². The smallest absolute Gasteiger partial charge is 0.274 e. The molecule has 2 rings (SSSR count). The molecule has 1 aromatic rings. The summed E-state index contributed by atoms with van der Waals surface area (Å²) in [6.45, 7) is 2.13. The lowest BCUT2D eigenvalue weighted by Crippen LogP contribution is -2.23. The van der Waals surface area contributed by atoms with Crippen LogP contribution in [0.3, 0.4) is 0 Å². The van der Waals surface area contributed by atoms with Crippen molar-refractivity contribution in [1.29, 1.82) is 0 Å². The van der Waals surface area contributed by atoms with Gasteiger partial charge in [-0.15, -0.1) is 11.8 Å². The number of carbonyl (C=O) groups excluding carboxylic acids is 3. The third kappa shape index (κ3) is 3.30. The van der Waals surface area contributed by atoms with Crippen molar-refractivity contribution in [2.24, 2.45) is 0 Å². The van der Waals surface area contributed by atoms with Gasteiger partial charge in [0.05, 0.1) is 4.91 Å². The van der Waals surface area contributed by atoms with Crippen LogP contribution in [0.2, 0.25) is 0 Å². The summed E-state index contributed by atoms with van der Waals surface area (Å²) in [7, 11) is 1.43. The molecule has 1 N–H and O–H groups in total. The molecule has 0 bridgehead atoms. The fraction of sp³-hybridized carbons (Fsp3) is 0.467. The van der Waals surface area contributed by atoms with Crippen LogP contribution in [-0.4, -0.2) is 35.4 Å². The van der Waals surface area contributed by atoms with Gasteiger partial charge in [-0.3, -0.25) is 14.4 Å². The predicted octanol–water partition coefficient (Wildman–Crippen LogP) is 2.61. The number of rotatable bonds is 7. The van der Waals surface area contributed by atoms with Crippen molar-refractivity contribution in [1.82, 2.24) is 10.5 Å². The van der Waals surface area contributed by atoms with Crippen LogP contribution in [0.15, 0.2) is 15.5 Å². The van der Waals surface area contributed by atoms with E-state index in [4.69, 9.17) is 4.52 Å². The molecule has 0 aromatic carbocycles. The van der Waals surface area contributed by atoms with Crippen molar-refractivity contribution in [3.63, 3.8) is 0 Å². The van der Waals surface area contributed by atoms with E-state index in [2.05, 4.69) is 17.4 Å². The first-order valence-electron chi connectivity index (χ1n) is 7.25. The van der Waals surface area contributed by atoms with E-state index >= 15 is 0 Å². The molecule has 118 valence electrons. The normalized spacial score (nSPS) is 13.8. The van der Waals surface area contributed by atoms with Gasteiger partial charge in [-0.2, -0.15) is 0 Å². The highest BCUT2D eigenvalue weighted by Gasteiger charge is 2.35. The maximum Gasteiger partial charge on any atom is 0.274 e. The number of carbonyl (C=O) groups is 3. The molecule has 1 amide bonds. The van der Waals surface area contributed by atoms with Gasteiger partial charge in [0.1, 0.15) is 5.56 Å². The minimum atomic E-state index is -0.541. The van der Waals surface area contributed by atoms with E-state index in [1.54, 1.807) is 0 Å². The summed E-state index contributed by atoms with van der Waals surface area (Å²) in [5.74, 6) is -0.719. The number of unbranched alkanes of at least 4 members (excludes halogenated alkanes) is 3. The molecule has 22 heavy (non-hydrogen) atoms. The Morgan fingerprint density at radius 1 is 1.32 bits per heavy atom. The number of hydrogen-bond donors (Lipinski definition) is 1. The number of thioether (sulfide) groups is 1. The first-order chi connectivity index (χ1) is 10.6. The van der Waals surface area contributed by atoms with Gasteiger partial charge in [-0.1, -0.05) is 31.3 Å². The molecule has 7 heteroatoms. The fourth-order valence-corrected chi connectivity index (χ4v) is 3.13. The Hall–Kier alpha value is -1.89. The van der Waals surface area contributed by atoms with Crippen LogP contribution in [0.25, 0.3) is 0 Å². The minimum Gasteiger partial charge on any atom is -0.354 e. The van der Waals surface area contributed by atoms with E-state index in [1.807, 2.05) is 0 Å². The second kappa shape index (κ2) is 7.40. The maximum atomic E-state index is 12.5. The highest BCUT2D eigenvalue weighted by molar-refractivity contribution is 8.04. The van der Waals surface area contributed by atoms with Crippen LogP contribution < -0.4 is 5.32 Å². The fourth-order valence-electron chi connectivity index (χ4n) is 2.13. The summed E-state index contributed by atoms with van der Waals surface area (Å²) < 4.78 is 4.86. The van der Waals surface area contributed by atoms with Gasteiger partial charge < -0.3 is 9.84 Å². The number of aromatic nitrogens is 1. The summed E-state index contributed by atoms with van der Waals surface area (Å²) in [6.07, 6.45) is 5.65. The van der Waals surface area contributed by atoms with Gasteiger partial charge in [0.25, 0.3) is 5.91 Å². The van der Waals surface area contributed by atoms with Gasteiger partial charge in [0.2, 0.25) is 17.3 Å². The number of amides is 1. The van der Waals surface area contributed by atoms with Crippen LogP contribution in [-0.2, 0) is 0 Å². The van der Waals surface area contributed by atoms with Crippen molar-refractivity contribution in [3.05, 3.63) is 28.0 Å². The number of ketones is 2. The molecular formula is C15H18N2O4S. The largest absolute Gasteiger partial charge is 0.354 e. The molecule has 0 saturated heterocycles. The van der Waals surface area contributed by atoms with Crippen LogP contribution >= 0.6 is 11.8 Å². The zero-order valence-electron chi connectivity index (χ0n) is 12.6. The molecule has 0 aliphatic heterocycles. The number of nitrogens with zero attached hydrogens (tertiary/aromatic N) is 1. The number of allylic oxidation sites excluding steroid dienone is 2. The average Bonchev–Trinajstić information content (AvgIpc) is 2.96. The monoisotopic (exact) mass is 322 g/mol. The van der Waals surface area contributed by atoms with E-state index < -0.39 is 11.7 Å². The summed E-state index contributed by atoms with van der Waals surface area (Å²) in [4.78, 5) is 36.5. The van der Waals surface area contributed by atoms with Gasteiger partial charge in [-0.05, 0) is 12.2 Å². The number of nitrogens with one attached hydrogen (secondary N) is 1. The Morgan fingerprint density at radius 3 is 2.77 bits per heavy atom. The van der Waals surface area contributed by atoms with Crippen molar-refractivity contribution in [2.45, 2.75) is 32.6 Å². The third-order valence-electron chi connectivity index (χ3n) is 3.33. The second-order valence-corrected chi connectivity index (χ2v) is 6.06. The highest BCUT2D eigenvalue weighted by Crippen LogP contribution is 2.31.